The van der Waals surface area contributed by atoms with E-state index in [9.17, 15) is 32.7 Å². The first-order valence-corrected chi connectivity index (χ1v) is 10.5. The molecule has 0 aliphatic carbocycles. The number of nitrogens with one attached hydrogen (secondary N) is 2. The zero-order valence-electron chi connectivity index (χ0n) is 18.8. The molecule has 0 aromatic heterocycles. The minimum Gasteiger partial charge on any atom is -0.447 e. The molecule has 1 heterocycles. The maximum Gasteiger partial charge on any atom is 0.416 e. The van der Waals surface area contributed by atoms with Gasteiger partial charge in [-0.15, -0.1) is 0 Å². The summed E-state index contributed by atoms with van der Waals surface area (Å²) < 4.78 is 44.0. The minimum atomic E-state index is -4.89. The quantitative estimate of drug-likeness (QED) is 0.522. The molecular formula is C20H34F3N3O5. The Balaban J connectivity index is 2.97. The highest BCUT2D eigenvalue weighted by Crippen LogP contribution is 2.26. The third-order valence-electron chi connectivity index (χ3n) is 5.09. The van der Waals surface area contributed by atoms with E-state index in [0.29, 0.717) is 6.42 Å². The predicted octanol–water partition coefficient (Wildman–Crippen LogP) is 2.20. The zero-order chi connectivity index (χ0) is 24.1. The number of likely N-dealkylation sites (tertiary alicyclic amines) is 1. The third kappa shape index (κ3) is 7.55. The van der Waals surface area contributed by atoms with Crippen LogP contribution in [-0.4, -0.2) is 71.0 Å². The summed E-state index contributed by atoms with van der Waals surface area (Å²) >= 11 is 0. The van der Waals surface area contributed by atoms with Crippen LogP contribution in [0.4, 0.5) is 18.0 Å². The van der Waals surface area contributed by atoms with Gasteiger partial charge >= 0.3 is 12.3 Å². The second kappa shape index (κ2) is 11.0. The van der Waals surface area contributed by atoms with Crippen molar-refractivity contribution in [1.82, 2.24) is 15.5 Å². The van der Waals surface area contributed by atoms with Gasteiger partial charge in [-0.05, 0) is 38.5 Å². The van der Waals surface area contributed by atoms with E-state index in [2.05, 4.69) is 10.6 Å². The normalized spacial score (nSPS) is 20.0. The van der Waals surface area contributed by atoms with Crippen LogP contribution in [0.15, 0.2) is 0 Å². The molecule has 3 N–H and O–H groups in total. The topological polar surface area (TPSA) is 108 Å². The van der Waals surface area contributed by atoms with Crippen molar-refractivity contribution in [1.29, 1.82) is 0 Å². The van der Waals surface area contributed by atoms with Crippen LogP contribution in [0.1, 0.15) is 54.4 Å². The number of alkyl halides is 3. The Morgan fingerprint density at radius 3 is 2.06 bits per heavy atom. The van der Waals surface area contributed by atoms with Crippen molar-refractivity contribution in [3.05, 3.63) is 0 Å². The van der Waals surface area contributed by atoms with Gasteiger partial charge < -0.3 is 25.4 Å². The van der Waals surface area contributed by atoms with Crippen molar-refractivity contribution in [3.8, 4) is 0 Å². The molecule has 3 amide bonds. The molecule has 0 radical (unpaired) electrons. The smallest absolute Gasteiger partial charge is 0.416 e. The van der Waals surface area contributed by atoms with Crippen LogP contribution >= 0.6 is 0 Å². The number of nitrogens with zero attached hydrogens (tertiary/aromatic N) is 1. The molecule has 8 nitrogen and oxygen atoms in total. The van der Waals surface area contributed by atoms with Gasteiger partial charge in [-0.25, -0.2) is 4.79 Å². The van der Waals surface area contributed by atoms with Crippen molar-refractivity contribution >= 4 is 17.9 Å². The highest BCUT2D eigenvalue weighted by Gasteiger charge is 2.46. The lowest BCUT2D eigenvalue weighted by Gasteiger charge is -2.33. The number of rotatable bonds is 8. The third-order valence-corrected chi connectivity index (χ3v) is 5.09. The van der Waals surface area contributed by atoms with E-state index >= 15 is 0 Å². The van der Waals surface area contributed by atoms with Gasteiger partial charge in [0.05, 0.1) is 12.1 Å². The summed E-state index contributed by atoms with van der Waals surface area (Å²) in [6.07, 6.45) is -8.02. The van der Waals surface area contributed by atoms with Gasteiger partial charge in [0.1, 0.15) is 12.1 Å². The Labute approximate surface area is 180 Å². The standard InChI is InChI=1S/C20H34F3N3O5/c1-10(2)14(16(27)20(21,22)23)24-17(28)13-8-7-9-26(13)18(29)15(11(3)4)25-19(30)31-12(5)6/h10-16,27H,7-9H2,1-6H3,(H,24,28)(H,25,30)/t13-,14?,15-,16?/m0/s1. The fraction of sp³-hybridized carbons (Fsp3) is 0.850. The van der Waals surface area contributed by atoms with Crippen molar-refractivity contribution in [3.63, 3.8) is 0 Å². The fourth-order valence-corrected chi connectivity index (χ4v) is 3.44. The molecule has 1 rings (SSSR count). The molecule has 11 heteroatoms. The number of hydrogen-bond donors (Lipinski definition) is 3. The Morgan fingerprint density at radius 2 is 1.61 bits per heavy atom. The van der Waals surface area contributed by atoms with Gasteiger partial charge in [0.15, 0.2) is 6.10 Å². The van der Waals surface area contributed by atoms with Crippen molar-refractivity contribution in [2.45, 2.75) is 90.9 Å². The van der Waals surface area contributed by atoms with E-state index in [1.165, 1.54) is 18.7 Å². The number of halogens is 3. The molecule has 0 bridgehead atoms. The Kier molecular flexibility index (Phi) is 9.59. The molecule has 2 unspecified atom stereocenters. The number of ether oxygens (including phenoxy) is 1. The Bertz CT molecular complexity index is 640. The van der Waals surface area contributed by atoms with Crippen LogP contribution < -0.4 is 10.6 Å². The predicted molar refractivity (Wildman–Crippen MR) is 107 cm³/mol. The van der Waals surface area contributed by atoms with E-state index in [4.69, 9.17) is 4.74 Å². The largest absolute Gasteiger partial charge is 0.447 e. The number of alkyl carbamates (subject to hydrolysis) is 1. The monoisotopic (exact) mass is 453 g/mol. The molecule has 0 saturated carbocycles. The zero-order valence-corrected chi connectivity index (χ0v) is 18.8. The molecule has 4 atom stereocenters. The van der Waals surface area contributed by atoms with Gasteiger partial charge in [-0.1, -0.05) is 27.7 Å². The van der Waals surface area contributed by atoms with Gasteiger partial charge in [0, 0.05) is 6.54 Å². The molecule has 180 valence electrons. The number of aliphatic hydroxyl groups is 1. The SMILES string of the molecule is CC(C)OC(=O)N[C@H](C(=O)N1CCC[C@H]1C(=O)NC(C(C)C)C(O)C(F)(F)F)C(C)C. The van der Waals surface area contributed by atoms with Gasteiger partial charge in [-0.2, -0.15) is 13.2 Å². The summed E-state index contributed by atoms with van der Waals surface area (Å²) in [6, 6.07) is -3.50. The fourth-order valence-electron chi connectivity index (χ4n) is 3.44. The molecule has 0 spiro atoms. The second-order valence-electron chi connectivity index (χ2n) is 8.77. The lowest BCUT2D eigenvalue weighted by atomic mass is 9.97. The van der Waals surface area contributed by atoms with Crippen LogP contribution in [0.25, 0.3) is 0 Å². The van der Waals surface area contributed by atoms with E-state index in [-0.39, 0.29) is 25.0 Å². The van der Waals surface area contributed by atoms with E-state index in [0.717, 1.165) is 0 Å². The van der Waals surface area contributed by atoms with Crippen molar-refractivity contribution in [2.75, 3.05) is 6.54 Å². The molecule has 0 aromatic rings. The summed E-state index contributed by atoms with van der Waals surface area (Å²) in [4.78, 5) is 39.1. The summed E-state index contributed by atoms with van der Waals surface area (Å²) in [5, 5.41) is 14.4. The van der Waals surface area contributed by atoms with Crippen LogP contribution in [0, 0.1) is 11.8 Å². The first kappa shape index (κ1) is 27.0. The highest BCUT2D eigenvalue weighted by molar-refractivity contribution is 5.92. The first-order chi connectivity index (χ1) is 14.2. The van der Waals surface area contributed by atoms with Crippen LogP contribution in [0.2, 0.25) is 0 Å². The average Bonchev–Trinajstić information content (AvgIpc) is 3.10. The lowest BCUT2D eigenvalue weighted by molar-refractivity contribution is -0.215. The first-order valence-electron chi connectivity index (χ1n) is 10.5. The molecule has 1 fully saturated rings. The van der Waals surface area contributed by atoms with Crippen molar-refractivity contribution in [2.24, 2.45) is 11.8 Å². The van der Waals surface area contributed by atoms with Gasteiger partial charge in [-0.3, -0.25) is 9.59 Å². The molecular weight excluding hydrogens is 419 g/mol. The Hall–Kier alpha value is -2.04. The van der Waals surface area contributed by atoms with Crippen LogP contribution in [-0.2, 0) is 14.3 Å². The van der Waals surface area contributed by atoms with Crippen LogP contribution in [0.3, 0.4) is 0 Å². The number of carbonyl (C=O) groups excluding carboxylic acids is 3. The van der Waals surface area contributed by atoms with Gasteiger partial charge in [0.25, 0.3) is 0 Å². The van der Waals surface area contributed by atoms with Crippen LogP contribution in [0.5, 0.6) is 0 Å². The average molecular weight is 454 g/mol. The van der Waals surface area contributed by atoms with E-state index in [1.807, 2.05) is 0 Å². The maximum absolute atomic E-state index is 13.1. The van der Waals surface area contributed by atoms with Gasteiger partial charge in [0.2, 0.25) is 11.8 Å². The molecule has 1 saturated heterocycles. The number of carbonyl (C=O) groups is 3. The molecule has 1 aliphatic rings. The Morgan fingerprint density at radius 1 is 1.03 bits per heavy atom. The summed E-state index contributed by atoms with van der Waals surface area (Å²) in [5.74, 6) is -2.28. The minimum absolute atomic E-state index is 0.231. The molecule has 31 heavy (non-hydrogen) atoms. The molecule has 1 aliphatic heterocycles. The number of hydrogen-bond acceptors (Lipinski definition) is 5. The summed E-state index contributed by atoms with van der Waals surface area (Å²) in [5.41, 5.74) is 0. The van der Waals surface area contributed by atoms with Crippen molar-refractivity contribution < 1.29 is 37.4 Å². The second-order valence-corrected chi connectivity index (χ2v) is 8.77. The summed E-state index contributed by atoms with van der Waals surface area (Å²) in [6.45, 7) is 9.90. The number of amides is 3. The lowest BCUT2D eigenvalue weighted by Crippen LogP contribution is -2.59. The molecule has 0 aromatic carbocycles. The summed E-state index contributed by atoms with van der Waals surface area (Å²) in [7, 11) is 0. The highest BCUT2D eigenvalue weighted by atomic mass is 19.4. The van der Waals surface area contributed by atoms with E-state index < -0.39 is 54.2 Å². The van der Waals surface area contributed by atoms with E-state index in [1.54, 1.807) is 27.7 Å². The number of aliphatic hydroxyl groups excluding tert-OH is 1. The maximum atomic E-state index is 13.1.